The van der Waals surface area contributed by atoms with Gasteiger partial charge in [-0.15, -0.1) is 0 Å². The molecular weight excluding hydrogens is 404 g/mol. The maximum atomic E-state index is 12.9. The average Bonchev–Trinajstić information content (AvgIpc) is 2.98. The van der Waals surface area contributed by atoms with Crippen LogP contribution >= 0.6 is 11.6 Å². The van der Waals surface area contributed by atoms with E-state index in [1.54, 1.807) is 12.1 Å². The zero-order valence-electron chi connectivity index (χ0n) is 17.3. The van der Waals surface area contributed by atoms with Gasteiger partial charge in [0.05, 0.1) is 23.2 Å². The normalized spacial score (nSPS) is 18.3. The number of amides is 1. The molecule has 0 radical (unpaired) electrons. The first kappa shape index (κ1) is 21.9. The highest BCUT2D eigenvalue weighted by Crippen LogP contribution is 2.40. The highest BCUT2D eigenvalue weighted by Gasteiger charge is 2.45. The van der Waals surface area contributed by atoms with Gasteiger partial charge in [0.15, 0.2) is 0 Å². The molecule has 1 amide bonds. The number of likely N-dealkylation sites (tertiary alicyclic amines) is 1. The first-order chi connectivity index (χ1) is 14.3. The summed E-state index contributed by atoms with van der Waals surface area (Å²) in [6.45, 7) is 3.25. The lowest BCUT2D eigenvalue weighted by Crippen LogP contribution is -2.35. The van der Waals surface area contributed by atoms with Crippen molar-refractivity contribution in [3.63, 3.8) is 0 Å². The van der Waals surface area contributed by atoms with Gasteiger partial charge in [-0.2, -0.15) is 0 Å². The third kappa shape index (κ3) is 4.35. The van der Waals surface area contributed by atoms with Crippen molar-refractivity contribution in [2.75, 3.05) is 33.8 Å². The number of ketones is 1. The van der Waals surface area contributed by atoms with Crippen LogP contribution in [-0.2, 0) is 9.59 Å². The highest BCUT2D eigenvalue weighted by atomic mass is 35.5. The summed E-state index contributed by atoms with van der Waals surface area (Å²) in [7, 11) is 3.80. The van der Waals surface area contributed by atoms with Crippen molar-refractivity contribution in [1.29, 1.82) is 0 Å². The average molecular weight is 429 g/mol. The van der Waals surface area contributed by atoms with Crippen LogP contribution in [0.1, 0.15) is 24.1 Å². The second-order valence-electron chi connectivity index (χ2n) is 7.28. The van der Waals surface area contributed by atoms with E-state index in [1.807, 2.05) is 56.3 Å². The van der Waals surface area contributed by atoms with E-state index in [0.717, 1.165) is 5.56 Å². The number of benzene rings is 2. The minimum atomic E-state index is -0.704. The van der Waals surface area contributed by atoms with E-state index in [9.17, 15) is 14.7 Å². The number of rotatable bonds is 7. The van der Waals surface area contributed by atoms with E-state index in [-0.39, 0.29) is 11.3 Å². The highest BCUT2D eigenvalue weighted by molar-refractivity contribution is 6.46. The number of hydrogen-bond donors (Lipinski definition) is 1. The van der Waals surface area contributed by atoms with Gasteiger partial charge in [-0.25, -0.2) is 0 Å². The van der Waals surface area contributed by atoms with Crippen molar-refractivity contribution in [2.24, 2.45) is 0 Å². The fourth-order valence-corrected chi connectivity index (χ4v) is 3.71. The minimum Gasteiger partial charge on any atom is -0.507 e. The molecular formula is C23H25ClN2O4. The molecule has 0 saturated carbocycles. The summed E-state index contributed by atoms with van der Waals surface area (Å²) < 4.78 is 5.43. The molecule has 2 aromatic rings. The predicted molar refractivity (Wildman–Crippen MR) is 117 cm³/mol. The van der Waals surface area contributed by atoms with E-state index in [2.05, 4.69) is 0 Å². The Hall–Kier alpha value is -2.83. The third-order valence-electron chi connectivity index (χ3n) is 4.95. The number of ether oxygens (including phenoxy) is 1. The first-order valence-electron chi connectivity index (χ1n) is 9.76. The summed E-state index contributed by atoms with van der Waals surface area (Å²) in [5, 5.41) is 11.4. The van der Waals surface area contributed by atoms with E-state index < -0.39 is 17.7 Å². The molecule has 0 unspecified atom stereocenters. The minimum absolute atomic E-state index is 0.0604. The number of aliphatic hydroxyl groups excluding tert-OH is 1. The lowest BCUT2D eigenvalue weighted by Gasteiger charge is -2.26. The monoisotopic (exact) mass is 428 g/mol. The summed E-state index contributed by atoms with van der Waals surface area (Å²) in [5.41, 5.74) is 1.18. The Balaban J connectivity index is 2.10. The van der Waals surface area contributed by atoms with Crippen LogP contribution in [0.25, 0.3) is 5.76 Å². The van der Waals surface area contributed by atoms with Crippen molar-refractivity contribution in [3.05, 3.63) is 70.3 Å². The van der Waals surface area contributed by atoms with Crippen molar-refractivity contribution < 1.29 is 19.4 Å². The van der Waals surface area contributed by atoms with Crippen molar-refractivity contribution in [3.8, 4) is 5.75 Å². The molecule has 7 heteroatoms. The van der Waals surface area contributed by atoms with Crippen LogP contribution in [0.3, 0.4) is 0 Å². The summed E-state index contributed by atoms with van der Waals surface area (Å²) >= 11 is 6.26. The number of nitrogens with zero attached hydrogens (tertiary/aromatic N) is 2. The molecule has 1 N–H and O–H groups in total. The summed E-state index contributed by atoms with van der Waals surface area (Å²) in [6, 6.07) is 13.4. The van der Waals surface area contributed by atoms with Gasteiger partial charge >= 0.3 is 0 Å². The molecule has 0 spiro atoms. The molecule has 0 aromatic heterocycles. The number of carbonyl (C=O) groups is 2. The topological polar surface area (TPSA) is 70.1 Å². The largest absolute Gasteiger partial charge is 0.507 e. The van der Waals surface area contributed by atoms with Crippen LogP contribution in [0.15, 0.2) is 54.1 Å². The molecule has 1 heterocycles. The second kappa shape index (κ2) is 9.32. The van der Waals surface area contributed by atoms with Crippen LogP contribution < -0.4 is 4.74 Å². The number of hydrogen-bond acceptors (Lipinski definition) is 5. The Morgan fingerprint density at radius 3 is 2.47 bits per heavy atom. The molecule has 1 atom stereocenters. The van der Waals surface area contributed by atoms with Gasteiger partial charge in [-0.1, -0.05) is 41.9 Å². The van der Waals surface area contributed by atoms with Crippen molar-refractivity contribution >= 4 is 29.1 Å². The molecule has 2 aromatic carbocycles. The van der Waals surface area contributed by atoms with E-state index in [1.165, 1.54) is 11.0 Å². The molecule has 6 nitrogen and oxygen atoms in total. The second-order valence-corrected chi connectivity index (χ2v) is 7.69. The maximum absolute atomic E-state index is 12.9. The number of halogens is 1. The van der Waals surface area contributed by atoms with Crippen LogP contribution in [0.2, 0.25) is 5.02 Å². The van der Waals surface area contributed by atoms with Gasteiger partial charge < -0.3 is 19.6 Å². The van der Waals surface area contributed by atoms with Gasteiger partial charge in [0.2, 0.25) is 0 Å². The van der Waals surface area contributed by atoms with Crippen molar-refractivity contribution in [2.45, 2.75) is 13.0 Å². The van der Waals surface area contributed by atoms with Gasteiger partial charge in [-0.3, -0.25) is 9.59 Å². The molecule has 1 aliphatic heterocycles. The summed E-state index contributed by atoms with van der Waals surface area (Å²) in [6.07, 6.45) is 0. The Labute approximate surface area is 181 Å². The fourth-order valence-electron chi connectivity index (χ4n) is 3.48. The molecule has 1 saturated heterocycles. The molecule has 0 aliphatic carbocycles. The summed E-state index contributed by atoms with van der Waals surface area (Å²) in [5.74, 6) is -1.09. The van der Waals surface area contributed by atoms with E-state index >= 15 is 0 Å². The smallest absolute Gasteiger partial charge is 0.295 e. The van der Waals surface area contributed by atoms with Crippen LogP contribution in [-0.4, -0.2) is 60.4 Å². The van der Waals surface area contributed by atoms with Gasteiger partial charge in [0.1, 0.15) is 11.5 Å². The van der Waals surface area contributed by atoms with Gasteiger partial charge in [0, 0.05) is 18.7 Å². The zero-order chi connectivity index (χ0) is 21.8. The van der Waals surface area contributed by atoms with Crippen LogP contribution in [0.4, 0.5) is 0 Å². The molecule has 30 heavy (non-hydrogen) atoms. The van der Waals surface area contributed by atoms with E-state index in [4.69, 9.17) is 16.3 Å². The number of carbonyl (C=O) groups excluding carboxylic acids is 2. The Kier molecular flexibility index (Phi) is 6.80. The molecule has 1 fully saturated rings. The number of Topliss-reactive ketones (excluding diaryl/α,β-unsaturated/α-hetero) is 1. The Morgan fingerprint density at radius 2 is 1.87 bits per heavy atom. The zero-order valence-corrected chi connectivity index (χ0v) is 18.0. The maximum Gasteiger partial charge on any atom is 0.295 e. The standard InChI is InChI=1S/C23H25ClN2O4/c1-4-30-18-11-10-16(14-17(18)24)21(27)19-20(15-8-6-5-7-9-15)26(13-12-25(2)3)23(29)22(19)28/h5-11,14,20,27H,4,12-13H2,1-3H3/t20-/m0/s1. The van der Waals surface area contributed by atoms with Crippen LogP contribution in [0, 0.1) is 0 Å². The molecule has 0 bridgehead atoms. The Bertz CT molecular complexity index is 972. The summed E-state index contributed by atoms with van der Waals surface area (Å²) in [4.78, 5) is 29.2. The van der Waals surface area contributed by atoms with Crippen LogP contribution in [0.5, 0.6) is 5.75 Å². The fraction of sp³-hybridized carbons (Fsp3) is 0.304. The predicted octanol–water partition coefficient (Wildman–Crippen LogP) is 3.72. The Morgan fingerprint density at radius 1 is 1.17 bits per heavy atom. The molecule has 158 valence electrons. The molecule has 1 aliphatic rings. The lowest BCUT2D eigenvalue weighted by atomic mass is 9.95. The third-order valence-corrected chi connectivity index (χ3v) is 5.24. The number of aliphatic hydroxyl groups is 1. The van der Waals surface area contributed by atoms with Crippen molar-refractivity contribution in [1.82, 2.24) is 9.80 Å². The molecule has 3 rings (SSSR count). The van der Waals surface area contributed by atoms with E-state index in [0.29, 0.717) is 36.0 Å². The first-order valence-corrected chi connectivity index (χ1v) is 10.1. The lowest BCUT2D eigenvalue weighted by molar-refractivity contribution is -0.140. The quantitative estimate of drug-likeness (QED) is 0.413. The SMILES string of the molecule is CCOc1ccc(C(O)=C2C(=O)C(=O)N(CCN(C)C)[C@H]2c2ccccc2)cc1Cl. The number of likely N-dealkylation sites (N-methyl/N-ethyl adjacent to an activating group) is 1. The van der Waals surface area contributed by atoms with Gasteiger partial charge in [-0.05, 0) is 44.8 Å². The van der Waals surface area contributed by atoms with Gasteiger partial charge in [0.25, 0.3) is 11.7 Å².